The minimum absolute atomic E-state index is 0.336. The molecule has 122 valence electrons. The van der Waals surface area contributed by atoms with Gasteiger partial charge in [-0.25, -0.2) is 4.39 Å². The quantitative estimate of drug-likeness (QED) is 0.507. The smallest absolute Gasteiger partial charge is 0.170 e. The van der Waals surface area contributed by atoms with Crippen LogP contribution in [0.25, 0.3) is 0 Å². The van der Waals surface area contributed by atoms with Crippen molar-refractivity contribution in [3.05, 3.63) is 63.9 Å². The fourth-order valence-corrected chi connectivity index (χ4v) is 3.43. The maximum Gasteiger partial charge on any atom is 0.170 e. The molecule has 6 heteroatoms. The van der Waals surface area contributed by atoms with Crippen LogP contribution in [-0.4, -0.2) is 17.4 Å². The van der Waals surface area contributed by atoms with Gasteiger partial charge in [-0.1, -0.05) is 40.2 Å². The van der Waals surface area contributed by atoms with Gasteiger partial charge in [-0.2, -0.15) is 11.8 Å². The fraction of sp³-hybridized carbons (Fsp3) is 0.235. The molecular weight excluding hydrogens is 395 g/mol. The minimum Gasteiger partial charge on any atom is -0.362 e. The maximum absolute atomic E-state index is 13.7. The number of hydrogen-bond acceptors (Lipinski definition) is 2. The van der Waals surface area contributed by atoms with Crippen LogP contribution in [0.15, 0.2) is 46.9 Å². The Bertz CT molecular complexity index is 679. The predicted octanol–water partition coefficient (Wildman–Crippen LogP) is 5.12. The highest BCUT2D eigenvalue weighted by molar-refractivity contribution is 9.10. The Labute approximate surface area is 154 Å². The van der Waals surface area contributed by atoms with Crippen molar-refractivity contribution in [2.75, 3.05) is 17.6 Å². The lowest BCUT2D eigenvalue weighted by Gasteiger charge is -2.11. The Balaban J connectivity index is 1.68. The molecule has 2 aromatic carbocycles. The fourth-order valence-electron chi connectivity index (χ4n) is 1.95. The third-order valence-electron chi connectivity index (χ3n) is 3.23. The number of halogens is 2. The van der Waals surface area contributed by atoms with Crippen molar-refractivity contribution in [3.8, 4) is 0 Å². The summed E-state index contributed by atoms with van der Waals surface area (Å²) in [5.74, 6) is 1.58. The number of thioether (sulfide) groups is 1. The lowest BCUT2D eigenvalue weighted by atomic mass is 10.1. The van der Waals surface area contributed by atoms with Crippen LogP contribution < -0.4 is 10.6 Å². The maximum atomic E-state index is 13.7. The van der Waals surface area contributed by atoms with E-state index >= 15 is 0 Å². The summed E-state index contributed by atoms with van der Waals surface area (Å²) in [5, 5.41) is 6.40. The van der Waals surface area contributed by atoms with Gasteiger partial charge in [-0.15, -0.1) is 0 Å². The predicted molar refractivity (Wildman–Crippen MR) is 106 cm³/mol. The van der Waals surface area contributed by atoms with E-state index in [9.17, 15) is 4.39 Å². The van der Waals surface area contributed by atoms with Gasteiger partial charge in [0.2, 0.25) is 0 Å². The average molecular weight is 413 g/mol. The summed E-state index contributed by atoms with van der Waals surface area (Å²) < 4.78 is 14.4. The van der Waals surface area contributed by atoms with E-state index in [1.54, 1.807) is 12.1 Å². The molecule has 23 heavy (non-hydrogen) atoms. The second kappa shape index (κ2) is 9.25. The zero-order valence-electron chi connectivity index (χ0n) is 12.7. The monoisotopic (exact) mass is 412 g/mol. The van der Waals surface area contributed by atoms with Crippen molar-refractivity contribution in [1.82, 2.24) is 5.32 Å². The highest BCUT2D eigenvalue weighted by Crippen LogP contribution is 2.19. The van der Waals surface area contributed by atoms with Crippen molar-refractivity contribution in [1.29, 1.82) is 0 Å². The first-order valence-electron chi connectivity index (χ1n) is 7.18. The van der Waals surface area contributed by atoms with E-state index in [1.807, 2.05) is 11.8 Å². The van der Waals surface area contributed by atoms with Gasteiger partial charge < -0.3 is 10.6 Å². The van der Waals surface area contributed by atoms with Crippen LogP contribution in [0.1, 0.15) is 11.1 Å². The molecule has 0 spiro atoms. The van der Waals surface area contributed by atoms with Crippen LogP contribution in [0.4, 0.5) is 10.1 Å². The summed E-state index contributed by atoms with van der Waals surface area (Å²) in [7, 11) is 0. The van der Waals surface area contributed by atoms with Gasteiger partial charge in [0.1, 0.15) is 5.82 Å². The van der Waals surface area contributed by atoms with Gasteiger partial charge in [0.25, 0.3) is 0 Å². The van der Waals surface area contributed by atoms with Crippen molar-refractivity contribution >= 4 is 50.7 Å². The summed E-state index contributed by atoms with van der Waals surface area (Å²) >= 11 is 10.3. The summed E-state index contributed by atoms with van der Waals surface area (Å²) in [6, 6.07) is 13.2. The molecule has 0 bridgehead atoms. The number of nitrogens with one attached hydrogen (secondary N) is 2. The molecule has 0 saturated carbocycles. The molecule has 2 aromatic rings. The van der Waals surface area contributed by atoms with Gasteiger partial charge >= 0.3 is 0 Å². The number of aryl methyl sites for hydroxylation is 1. The van der Waals surface area contributed by atoms with Gasteiger partial charge in [0.15, 0.2) is 5.11 Å². The van der Waals surface area contributed by atoms with E-state index in [4.69, 9.17) is 12.2 Å². The van der Waals surface area contributed by atoms with Crippen molar-refractivity contribution in [2.45, 2.75) is 12.7 Å². The van der Waals surface area contributed by atoms with E-state index < -0.39 is 0 Å². The number of rotatable bonds is 6. The highest BCUT2D eigenvalue weighted by Gasteiger charge is 2.04. The number of anilines is 1. The van der Waals surface area contributed by atoms with Gasteiger partial charge in [0, 0.05) is 22.5 Å². The average Bonchev–Trinajstić information content (AvgIpc) is 2.51. The molecule has 0 aliphatic rings. The topological polar surface area (TPSA) is 24.1 Å². The second-order valence-corrected chi connectivity index (χ2v) is 7.41. The first kappa shape index (κ1) is 18.2. The van der Waals surface area contributed by atoms with Crippen molar-refractivity contribution in [2.24, 2.45) is 0 Å². The molecule has 2 rings (SSSR count). The van der Waals surface area contributed by atoms with E-state index in [1.165, 1.54) is 17.2 Å². The zero-order chi connectivity index (χ0) is 16.7. The van der Waals surface area contributed by atoms with Crippen LogP contribution in [-0.2, 0) is 5.75 Å². The van der Waals surface area contributed by atoms with E-state index in [0.717, 1.165) is 18.1 Å². The number of thiocarbonyl (C=S) groups is 1. The van der Waals surface area contributed by atoms with Gasteiger partial charge in [0.05, 0.1) is 5.69 Å². The summed E-state index contributed by atoms with van der Waals surface area (Å²) in [5.41, 5.74) is 3.05. The molecule has 0 radical (unpaired) electrons. The molecule has 2 nitrogen and oxygen atoms in total. The Morgan fingerprint density at radius 2 is 2.04 bits per heavy atom. The Morgan fingerprint density at radius 1 is 1.26 bits per heavy atom. The molecule has 0 saturated heterocycles. The Hall–Kier alpha value is -1.11. The largest absolute Gasteiger partial charge is 0.362 e. The van der Waals surface area contributed by atoms with E-state index in [-0.39, 0.29) is 5.82 Å². The molecule has 0 aromatic heterocycles. The third kappa shape index (κ3) is 6.12. The van der Waals surface area contributed by atoms with Crippen LogP contribution in [0, 0.1) is 12.7 Å². The summed E-state index contributed by atoms with van der Waals surface area (Å²) in [6.07, 6.45) is 0. The molecule has 0 atom stereocenters. The number of hydrogen-bond donors (Lipinski definition) is 2. The molecule has 0 aliphatic carbocycles. The van der Waals surface area contributed by atoms with E-state index in [2.05, 4.69) is 57.8 Å². The normalized spacial score (nSPS) is 10.4. The molecule has 0 fully saturated rings. The lowest BCUT2D eigenvalue weighted by molar-refractivity contribution is 0.631. The number of benzene rings is 2. The zero-order valence-corrected chi connectivity index (χ0v) is 16.0. The van der Waals surface area contributed by atoms with Gasteiger partial charge in [-0.3, -0.25) is 0 Å². The van der Waals surface area contributed by atoms with Crippen molar-refractivity contribution in [3.63, 3.8) is 0 Å². The third-order valence-corrected chi connectivity index (χ3v) is 4.98. The first-order valence-corrected chi connectivity index (χ1v) is 9.54. The van der Waals surface area contributed by atoms with Crippen LogP contribution in [0.2, 0.25) is 0 Å². The Morgan fingerprint density at radius 3 is 2.78 bits per heavy atom. The molecule has 0 unspecified atom stereocenters. The molecule has 0 amide bonds. The van der Waals surface area contributed by atoms with Crippen LogP contribution in [0.3, 0.4) is 0 Å². The molecular formula is C17H18BrFN2S2. The molecule has 2 N–H and O–H groups in total. The van der Waals surface area contributed by atoms with E-state index in [0.29, 0.717) is 15.3 Å². The first-order chi connectivity index (χ1) is 11.1. The lowest BCUT2D eigenvalue weighted by Crippen LogP contribution is -2.30. The summed E-state index contributed by atoms with van der Waals surface area (Å²) in [4.78, 5) is 0. The minimum atomic E-state index is -0.336. The SMILES string of the molecule is Cc1ccccc1CSCCNC(=S)Nc1ccc(Br)cc1F. The Kier molecular flexibility index (Phi) is 7.33. The van der Waals surface area contributed by atoms with Crippen LogP contribution in [0.5, 0.6) is 0 Å². The highest BCUT2D eigenvalue weighted by atomic mass is 79.9. The summed E-state index contributed by atoms with van der Waals surface area (Å²) in [6.45, 7) is 2.86. The van der Waals surface area contributed by atoms with Gasteiger partial charge in [-0.05, 0) is 48.5 Å². The molecule has 0 heterocycles. The second-order valence-electron chi connectivity index (χ2n) is 4.98. The van der Waals surface area contributed by atoms with Crippen LogP contribution >= 0.6 is 39.9 Å². The van der Waals surface area contributed by atoms with Crippen molar-refractivity contribution < 1.29 is 4.39 Å². The molecule has 0 aliphatic heterocycles. The standard InChI is InChI=1S/C17H18BrFN2S2/c1-12-4-2-3-5-13(12)11-23-9-8-20-17(22)21-16-7-6-14(18)10-15(16)19/h2-7,10H,8-9,11H2,1H3,(H2,20,21,22).